The quantitative estimate of drug-likeness (QED) is 0.858. The Morgan fingerprint density at radius 1 is 1.33 bits per heavy atom. The van der Waals surface area contributed by atoms with E-state index in [1.165, 1.54) is 11.8 Å². The van der Waals surface area contributed by atoms with Gasteiger partial charge in [0, 0.05) is 5.39 Å². The average Bonchev–Trinajstić information content (AvgIpc) is 3.03. The molecule has 1 N–H and O–H groups in total. The number of thioether (sulfide) groups is 1. The molecule has 3 rings (SSSR count). The number of nitrogens with zero attached hydrogens (tertiary/aromatic N) is 2. The number of benzene rings is 1. The Hall–Kier alpha value is -2.06. The van der Waals surface area contributed by atoms with Crippen molar-refractivity contribution >= 4 is 28.6 Å². The van der Waals surface area contributed by atoms with Crippen molar-refractivity contribution in [3.05, 3.63) is 35.4 Å². The van der Waals surface area contributed by atoms with Crippen LogP contribution in [-0.2, 0) is 4.79 Å². The summed E-state index contributed by atoms with van der Waals surface area (Å²) in [6.45, 7) is 4.11. The van der Waals surface area contributed by atoms with E-state index in [1.807, 2.05) is 25.1 Å². The molecule has 24 heavy (non-hydrogen) atoms. The van der Waals surface area contributed by atoms with Crippen molar-refractivity contribution in [1.82, 2.24) is 10.3 Å². The first-order valence-corrected chi connectivity index (χ1v) is 9.24. The summed E-state index contributed by atoms with van der Waals surface area (Å²) in [5.74, 6) is 0.195. The van der Waals surface area contributed by atoms with Crippen LogP contribution in [-0.4, -0.2) is 22.2 Å². The van der Waals surface area contributed by atoms with Gasteiger partial charge in [-0.15, -0.1) is 0 Å². The number of carbonyl (C=O) groups is 1. The topological polar surface area (TPSA) is 65.8 Å². The van der Waals surface area contributed by atoms with E-state index >= 15 is 0 Å². The molecule has 0 saturated heterocycles. The van der Waals surface area contributed by atoms with Crippen LogP contribution in [0, 0.1) is 25.2 Å². The number of nitriles is 1. The first-order valence-electron chi connectivity index (χ1n) is 8.25. The van der Waals surface area contributed by atoms with Crippen LogP contribution in [0.5, 0.6) is 0 Å². The molecule has 0 aliphatic heterocycles. The molecule has 0 atom stereocenters. The number of aryl methyl sites for hydroxylation is 2. The van der Waals surface area contributed by atoms with E-state index < -0.39 is 5.54 Å². The highest BCUT2D eigenvalue weighted by Gasteiger charge is 2.35. The molecule has 0 bridgehead atoms. The lowest BCUT2D eigenvalue weighted by Crippen LogP contribution is -2.45. The van der Waals surface area contributed by atoms with Crippen LogP contribution in [0.15, 0.2) is 29.3 Å². The summed E-state index contributed by atoms with van der Waals surface area (Å²) in [6, 6.07) is 10.5. The summed E-state index contributed by atoms with van der Waals surface area (Å²) in [4.78, 5) is 16.9. The highest BCUT2D eigenvalue weighted by Crippen LogP contribution is 2.29. The number of rotatable bonds is 4. The van der Waals surface area contributed by atoms with E-state index in [0.717, 1.165) is 52.7 Å². The van der Waals surface area contributed by atoms with Gasteiger partial charge in [0.15, 0.2) is 0 Å². The van der Waals surface area contributed by atoms with Gasteiger partial charge in [-0.05, 0) is 56.7 Å². The number of amides is 1. The molecule has 0 radical (unpaired) electrons. The molecular formula is C19H21N3OS. The highest BCUT2D eigenvalue weighted by molar-refractivity contribution is 7.99. The van der Waals surface area contributed by atoms with Crippen molar-refractivity contribution in [1.29, 1.82) is 5.26 Å². The van der Waals surface area contributed by atoms with E-state index in [1.54, 1.807) is 0 Å². The number of para-hydroxylation sites is 1. The van der Waals surface area contributed by atoms with Crippen LogP contribution >= 0.6 is 11.8 Å². The Balaban J connectivity index is 1.71. The maximum absolute atomic E-state index is 12.2. The number of fused-ring (bicyclic) bond motifs is 1. The van der Waals surface area contributed by atoms with Crippen molar-refractivity contribution in [2.24, 2.45) is 0 Å². The summed E-state index contributed by atoms with van der Waals surface area (Å²) in [6.07, 6.45) is 3.52. The number of hydrogen-bond donors (Lipinski definition) is 1. The lowest BCUT2D eigenvalue weighted by atomic mass is 10.0. The Bertz CT molecular complexity index is 819. The Morgan fingerprint density at radius 2 is 2.08 bits per heavy atom. The number of hydrogen-bond acceptors (Lipinski definition) is 4. The van der Waals surface area contributed by atoms with Crippen LogP contribution < -0.4 is 5.32 Å². The maximum atomic E-state index is 12.2. The third-order valence-corrected chi connectivity index (χ3v) is 5.54. The number of aromatic nitrogens is 1. The van der Waals surface area contributed by atoms with Gasteiger partial charge >= 0.3 is 0 Å². The molecule has 1 aromatic heterocycles. The molecule has 1 aromatic carbocycles. The molecule has 1 aliphatic carbocycles. The Kier molecular flexibility index (Phi) is 4.77. The predicted molar refractivity (Wildman–Crippen MR) is 96.9 cm³/mol. The lowest BCUT2D eigenvalue weighted by molar-refractivity contribution is -0.119. The molecule has 4 nitrogen and oxygen atoms in total. The van der Waals surface area contributed by atoms with Gasteiger partial charge in [0.2, 0.25) is 5.91 Å². The van der Waals surface area contributed by atoms with Gasteiger partial charge in [0.1, 0.15) is 5.54 Å². The van der Waals surface area contributed by atoms with Crippen molar-refractivity contribution in [2.45, 2.75) is 50.1 Å². The fourth-order valence-electron chi connectivity index (χ4n) is 3.29. The minimum Gasteiger partial charge on any atom is -0.337 e. The normalized spacial score (nSPS) is 16.0. The SMILES string of the molecule is Cc1cc(SCC(=O)NC2(C#N)CCCC2)nc2c(C)cccc12. The van der Waals surface area contributed by atoms with Crippen LogP contribution in [0.25, 0.3) is 10.9 Å². The zero-order chi connectivity index (χ0) is 17.2. The number of nitrogens with one attached hydrogen (secondary N) is 1. The van der Waals surface area contributed by atoms with Crippen molar-refractivity contribution < 1.29 is 4.79 Å². The van der Waals surface area contributed by atoms with Gasteiger partial charge in [-0.1, -0.05) is 30.0 Å². The van der Waals surface area contributed by atoms with Crippen LogP contribution in [0.3, 0.4) is 0 Å². The van der Waals surface area contributed by atoms with Gasteiger partial charge in [-0.3, -0.25) is 4.79 Å². The lowest BCUT2D eigenvalue weighted by Gasteiger charge is -2.21. The third-order valence-electron chi connectivity index (χ3n) is 4.63. The van der Waals surface area contributed by atoms with E-state index in [-0.39, 0.29) is 11.7 Å². The van der Waals surface area contributed by atoms with E-state index in [4.69, 9.17) is 4.98 Å². The molecule has 1 aliphatic rings. The summed E-state index contributed by atoms with van der Waals surface area (Å²) in [5.41, 5.74) is 2.64. The second-order valence-corrected chi connectivity index (χ2v) is 7.48. The fraction of sp³-hybridized carbons (Fsp3) is 0.421. The maximum Gasteiger partial charge on any atom is 0.231 e. The van der Waals surface area contributed by atoms with Crippen LogP contribution in [0.2, 0.25) is 0 Å². The largest absolute Gasteiger partial charge is 0.337 e. The van der Waals surface area contributed by atoms with Gasteiger partial charge < -0.3 is 5.32 Å². The molecule has 1 heterocycles. The van der Waals surface area contributed by atoms with Crippen molar-refractivity contribution in [3.8, 4) is 6.07 Å². The number of carbonyl (C=O) groups excluding carboxylic acids is 1. The van der Waals surface area contributed by atoms with Gasteiger partial charge in [-0.2, -0.15) is 5.26 Å². The van der Waals surface area contributed by atoms with Gasteiger partial charge in [0.25, 0.3) is 0 Å². The molecular weight excluding hydrogens is 318 g/mol. The summed E-state index contributed by atoms with van der Waals surface area (Å²) >= 11 is 1.43. The molecule has 0 unspecified atom stereocenters. The first kappa shape index (κ1) is 16.8. The zero-order valence-corrected chi connectivity index (χ0v) is 14.9. The molecule has 2 aromatic rings. The highest BCUT2D eigenvalue weighted by atomic mass is 32.2. The minimum absolute atomic E-state index is 0.0900. The molecule has 1 amide bonds. The second-order valence-electron chi connectivity index (χ2n) is 6.49. The monoisotopic (exact) mass is 339 g/mol. The van der Waals surface area contributed by atoms with E-state index in [2.05, 4.69) is 24.4 Å². The first-order chi connectivity index (χ1) is 11.5. The van der Waals surface area contributed by atoms with Crippen molar-refractivity contribution in [3.63, 3.8) is 0 Å². The van der Waals surface area contributed by atoms with Crippen molar-refractivity contribution in [2.75, 3.05) is 5.75 Å². The molecule has 0 spiro atoms. The molecule has 5 heteroatoms. The van der Waals surface area contributed by atoms with Crippen LogP contribution in [0.1, 0.15) is 36.8 Å². The average molecular weight is 339 g/mol. The standard InChI is InChI=1S/C19H21N3OS/c1-13-6-5-7-15-14(2)10-17(21-18(13)15)24-11-16(23)22-19(12-20)8-3-4-9-19/h5-7,10H,3-4,8-9,11H2,1-2H3,(H,22,23). The molecule has 1 saturated carbocycles. The summed E-state index contributed by atoms with van der Waals surface area (Å²) < 4.78 is 0. The second kappa shape index (κ2) is 6.82. The number of pyridine rings is 1. The molecule has 124 valence electrons. The summed E-state index contributed by atoms with van der Waals surface area (Å²) in [5, 5.41) is 14.3. The Morgan fingerprint density at radius 3 is 2.79 bits per heavy atom. The fourth-order valence-corrected chi connectivity index (χ4v) is 4.06. The molecule has 1 fully saturated rings. The van der Waals surface area contributed by atoms with Gasteiger partial charge in [-0.25, -0.2) is 4.98 Å². The van der Waals surface area contributed by atoms with E-state index in [0.29, 0.717) is 0 Å². The zero-order valence-electron chi connectivity index (χ0n) is 14.1. The minimum atomic E-state index is -0.652. The third kappa shape index (κ3) is 3.39. The van der Waals surface area contributed by atoms with Gasteiger partial charge in [0.05, 0.1) is 22.4 Å². The summed E-state index contributed by atoms with van der Waals surface area (Å²) in [7, 11) is 0. The van der Waals surface area contributed by atoms with Crippen LogP contribution in [0.4, 0.5) is 0 Å². The Labute approximate surface area is 146 Å². The predicted octanol–water partition coefficient (Wildman–Crippen LogP) is 3.90. The van der Waals surface area contributed by atoms with E-state index in [9.17, 15) is 10.1 Å². The smallest absolute Gasteiger partial charge is 0.231 e.